The summed E-state index contributed by atoms with van der Waals surface area (Å²) in [5.74, 6) is -0.266. The fourth-order valence-electron chi connectivity index (χ4n) is 2.68. The van der Waals surface area contributed by atoms with E-state index in [2.05, 4.69) is 0 Å². The summed E-state index contributed by atoms with van der Waals surface area (Å²) in [7, 11) is 1.63. The van der Waals surface area contributed by atoms with Crippen molar-refractivity contribution in [3.8, 4) is 5.75 Å². The number of carbonyl (C=O) groups is 1. The number of aromatic carboxylic acids is 1. The molecular formula is C20H26O6. The molecule has 142 valence electrons. The first-order valence-electron chi connectivity index (χ1n) is 8.58. The van der Waals surface area contributed by atoms with Crippen LogP contribution in [0.25, 0.3) is 10.8 Å². The van der Waals surface area contributed by atoms with Crippen LogP contribution in [0.5, 0.6) is 5.75 Å². The molecule has 0 aliphatic carbocycles. The average Bonchev–Trinajstić information content (AvgIpc) is 2.60. The molecule has 0 atom stereocenters. The Labute approximate surface area is 153 Å². The SMILES string of the molecule is COCCOCCOCCOc1cc(C)cc2c(C(=O)O)cc(C)cc12. The summed E-state index contributed by atoms with van der Waals surface area (Å²) in [4.78, 5) is 11.5. The van der Waals surface area contributed by atoms with Gasteiger partial charge in [0, 0.05) is 17.9 Å². The molecule has 0 saturated heterocycles. The summed E-state index contributed by atoms with van der Waals surface area (Å²) in [5.41, 5.74) is 2.12. The van der Waals surface area contributed by atoms with E-state index in [1.54, 1.807) is 13.2 Å². The summed E-state index contributed by atoms with van der Waals surface area (Å²) in [6.07, 6.45) is 0. The van der Waals surface area contributed by atoms with Gasteiger partial charge in [-0.2, -0.15) is 0 Å². The zero-order valence-electron chi connectivity index (χ0n) is 15.5. The molecule has 0 aromatic heterocycles. The van der Waals surface area contributed by atoms with Crippen molar-refractivity contribution in [1.29, 1.82) is 0 Å². The maximum atomic E-state index is 11.5. The van der Waals surface area contributed by atoms with Gasteiger partial charge in [0.15, 0.2) is 0 Å². The quantitative estimate of drug-likeness (QED) is 0.619. The number of rotatable bonds is 11. The first kappa shape index (κ1) is 20.2. The number of benzene rings is 2. The standard InChI is InChI=1S/C20H26O6/c1-14-11-17-16(18(12-14)20(21)22)10-15(2)13-19(17)26-9-8-25-7-6-24-5-4-23-3/h10-13H,4-9H2,1-3H3,(H,21,22). The molecule has 0 aliphatic heterocycles. The van der Waals surface area contributed by atoms with Crippen LogP contribution in [0.15, 0.2) is 24.3 Å². The third-order valence-corrected chi connectivity index (χ3v) is 3.84. The van der Waals surface area contributed by atoms with Crippen LogP contribution in [0, 0.1) is 13.8 Å². The van der Waals surface area contributed by atoms with E-state index >= 15 is 0 Å². The first-order valence-corrected chi connectivity index (χ1v) is 8.58. The Hall–Kier alpha value is -2.15. The minimum absolute atomic E-state index is 0.290. The highest BCUT2D eigenvalue weighted by Crippen LogP contribution is 2.31. The maximum Gasteiger partial charge on any atom is 0.336 e. The Kier molecular flexibility index (Phi) is 7.84. The minimum atomic E-state index is -0.938. The number of aryl methyl sites for hydroxylation is 2. The van der Waals surface area contributed by atoms with Gasteiger partial charge in [-0.15, -0.1) is 0 Å². The Morgan fingerprint density at radius 3 is 2.08 bits per heavy atom. The molecule has 2 aromatic carbocycles. The fraction of sp³-hybridized carbons (Fsp3) is 0.450. The van der Waals surface area contributed by atoms with Crippen LogP contribution in [0.4, 0.5) is 0 Å². The average molecular weight is 362 g/mol. The number of fused-ring (bicyclic) bond motifs is 1. The number of methoxy groups -OCH3 is 1. The van der Waals surface area contributed by atoms with Gasteiger partial charge in [0.2, 0.25) is 0 Å². The van der Waals surface area contributed by atoms with Gasteiger partial charge in [-0.3, -0.25) is 0 Å². The molecule has 0 radical (unpaired) electrons. The molecular weight excluding hydrogens is 336 g/mol. The summed E-state index contributed by atoms with van der Waals surface area (Å²) >= 11 is 0. The molecule has 0 bridgehead atoms. The molecule has 0 heterocycles. The van der Waals surface area contributed by atoms with Crippen LogP contribution >= 0.6 is 0 Å². The van der Waals surface area contributed by atoms with Gasteiger partial charge < -0.3 is 24.1 Å². The van der Waals surface area contributed by atoms with Gasteiger partial charge in [0.1, 0.15) is 12.4 Å². The van der Waals surface area contributed by atoms with Gasteiger partial charge in [0.05, 0.1) is 38.6 Å². The van der Waals surface area contributed by atoms with Crippen molar-refractivity contribution in [2.75, 3.05) is 46.8 Å². The highest BCUT2D eigenvalue weighted by molar-refractivity contribution is 6.06. The van der Waals surface area contributed by atoms with Gasteiger partial charge >= 0.3 is 5.97 Å². The second-order valence-corrected chi connectivity index (χ2v) is 6.04. The van der Waals surface area contributed by atoms with E-state index in [1.807, 2.05) is 32.0 Å². The number of carboxylic acids is 1. The molecule has 0 unspecified atom stereocenters. The molecule has 0 spiro atoms. The Morgan fingerprint density at radius 1 is 0.846 bits per heavy atom. The van der Waals surface area contributed by atoms with Crippen molar-refractivity contribution in [3.63, 3.8) is 0 Å². The van der Waals surface area contributed by atoms with E-state index in [4.69, 9.17) is 18.9 Å². The van der Waals surface area contributed by atoms with Gasteiger partial charge in [-0.1, -0.05) is 6.07 Å². The second kappa shape index (κ2) is 10.1. The molecule has 0 fully saturated rings. The number of hydrogen-bond acceptors (Lipinski definition) is 5. The lowest BCUT2D eigenvalue weighted by Gasteiger charge is -2.13. The molecule has 1 N–H and O–H groups in total. The van der Waals surface area contributed by atoms with E-state index < -0.39 is 5.97 Å². The highest BCUT2D eigenvalue weighted by atomic mass is 16.6. The molecule has 0 aliphatic rings. The van der Waals surface area contributed by atoms with Crippen molar-refractivity contribution in [3.05, 3.63) is 41.0 Å². The highest BCUT2D eigenvalue weighted by Gasteiger charge is 2.13. The topological polar surface area (TPSA) is 74.2 Å². The van der Waals surface area contributed by atoms with E-state index in [9.17, 15) is 9.90 Å². The van der Waals surface area contributed by atoms with Crippen molar-refractivity contribution >= 4 is 16.7 Å². The minimum Gasteiger partial charge on any atom is -0.491 e. The lowest BCUT2D eigenvalue weighted by atomic mass is 9.99. The zero-order chi connectivity index (χ0) is 18.9. The van der Waals surface area contributed by atoms with E-state index in [-0.39, 0.29) is 5.56 Å². The van der Waals surface area contributed by atoms with E-state index in [0.717, 1.165) is 16.5 Å². The predicted octanol–water partition coefficient (Wildman–Crippen LogP) is 3.21. The molecule has 2 rings (SSSR count). The van der Waals surface area contributed by atoms with Crippen LogP contribution in [-0.2, 0) is 14.2 Å². The molecule has 6 heteroatoms. The van der Waals surface area contributed by atoms with Gasteiger partial charge in [-0.25, -0.2) is 4.79 Å². The van der Waals surface area contributed by atoms with Crippen LogP contribution in [0.2, 0.25) is 0 Å². The monoisotopic (exact) mass is 362 g/mol. The largest absolute Gasteiger partial charge is 0.491 e. The predicted molar refractivity (Wildman–Crippen MR) is 99.4 cm³/mol. The number of carboxylic acid groups (broad SMARTS) is 1. The third kappa shape index (κ3) is 5.69. The normalized spacial score (nSPS) is 11.0. The van der Waals surface area contributed by atoms with Crippen molar-refractivity contribution < 1.29 is 28.8 Å². The smallest absolute Gasteiger partial charge is 0.336 e. The van der Waals surface area contributed by atoms with Crippen LogP contribution in [0.1, 0.15) is 21.5 Å². The Bertz CT molecular complexity index is 741. The molecule has 2 aromatic rings. The Balaban J connectivity index is 1.96. The lowest BCUT2D eigenvalue weighted by molar-refractivity contribution is 0.0181. The summed E-state index contributed by atoms with van der Waals surface area (Å²) in [6.45, 7) is 6.74. The fourth-order valence-corrected chi connectivity index (χ4v) is 2.68. The Morgan fingerprint density at radius 2 is 1.42 bits per heavy atom. The van der Waals surface area contributed by atoms with E-state index in [0.29, 0.717) is 50.8 Å². The van der Waals surface area contributed by atoms with Crippen molar-refractivity contribution in [1.82, 2.24) is 0 Å². The first-order chi connectivity index (χ1) is 12.5. The van der Waals surface area contributed by atoms with E-state index in [1.165, 1.54) is 0 Å². The number of ether oxygens (including phenoxy) is 4. The van der Waals surface area contributed by atoms with Gasteiger partial charge in [0.25, 0.3) is 0 Å². The molecule has 6 nitrogen and oxygen atoms in total. The van der Waals surface area contributed by atoms with Gasteiger partial charge in [-0.05, 0) is 43.2 Å². The summed E-state index contributed by atoms with van der Waals surface area (Å²) in [5, 5.41) is 10.9. The molecule has 26 heavy (non-hydrogen) atoms. The maximum absolute atomic E-state index is 11.5. The third-order valence-electron chi connectivity index (χ3n) is 3.84. The second-order valence-electron chi connectivity index (χ2n) is 6.04. The van der Waals surface area contributed by atoms with Crippen LogP contribution in [0.3, 0.4) is 0 Å². The summed E-state index contributed by atoms with van der Waals surface area (Å²) in [6, 6.07) is 7.42. The summed E-state index contributed by atoms with van der Waals surface area (Å²) < 4.78 is 21.5. The molecule has 0 saturated carbocycles. The van der Waals surface area contributed by atoms with Crippen molar-refractivity contribution in [2.45, 2.75) is 13.8 Å². The zero-order valence-corrected chi connectivity index (χ0v) is 15.5. The number of hydrogen-bond donors (Lipinski definition) is 1. The van der Waals surface area contributed by atoms with Crippen LogP contribution in [-0.4, -0.2) is 57.8 Å². The van der Waals surface area contributed by atoms with Crippen LogP contribution < -0.4 is 4.74 Å². The molecule has 0 amide bonds. The van der Waals surface area contributed by atoms with Crippen molar-refractivity contribution in [2.24, 2.45) is 0 Å². The lowest BCUT2D eigenvalue weighted by Crippen LogP contribution is -2.12.